The molecule has 0 spiro atoms. The number of nitrogens with zero attached hydrogens (tertiary/aromatic N) is 1. The lowest BCUT2D eigenvalue weighted by Gasteiger charge is -2.26. The van der Waals surface area contributed by atoms with E-state index in [0.717, 1.165) is 17.4 Å². The molecule has 84 valence electrons. The molecule has 0 amide bonds. The van der Waals surface area contributed by atoms with Gasteiger partial charge in [-0.1, -0.05) is 12.8 Å². The minimum absolute atomic E-state index is 0.354. The van der Waals surface area contributed by atoms with Crippen LogP contribution < -0.4 is 5.32 Å². The molecule has 2 nitrogen and oxygen atoms in total. The van der Waals surface area contributed by atoms with Gasteiger partial charge >= 0.3 is 0 Å². The fraction of sp³-hybridized carbons (Fsp3) is 0.727. The third-order valence-corrected chi connectivity index (χ3v) is 4.44. The summed E-state index contributed by atoms with van der Waals surface area (Å²) in [4.78, 5) is 4.38. The monoisotopic (exact) mass is 244 g/mol. The van der Waals surface area contributed by atoms with Crippen LogP contribution in [0.4, 0.5) is 5.13 Å². The van der Waals surface area contributed by atoms with Crippen LogP contribution in [0.1, 0.15) is 31.4 Å². The van der Waals surface area contributed by atoms with Crippen LogP contribution >= 0.6 is 22.9 Å². The molecular formula is C11H17ClN2S. The average Bonchev–Trinajstić information content (AvgIpc) is 2.63. The van der Waals surface area contributed by atoms with Crippen molar-refractivity contribution in [1.29, 1.82) is 0 Å². The van der Waals surface area contributed by atoms with Gasteiger partial charge in [-0.15, -0.1) is 22.9 Å². The Balaban J connectivity index is 1.81. The van der Waals surface area contributed by atoms with Crippen molar-refractivity contribution in [1.82, 2.24) is 4.98 Å². The molecule has 0 bridgehead atoms. The molecule has 0 saturated heterocycles. The molecule has 1 fully saturated rings. The van der Waals surface area contributed by atoms with E-state index >= 15 is 0 Å². The van der Waals surface area contributed by atoms with Crippen molar-refractivity contribution >= 4 is 28.1 Å². The molecule has 1 aromatic rings. The van der Waals surface area contributed by atoms with Crippen LogP contribution in [0.2, 0.25) is 0 Å². The van der Waals surface area contributed by atoms with Crippen LogP contribution in [-0.2, 0) is 0 Å². The van der Waals surface area contributed by atoms with Crippen LogP contribution in [0.5, 0.6) is 0 Å². The highest BCUT2D eigenvalue weighted by Crippen LogP contribution is 2.29. The molecule has 1 saturated carbocycles. The van der Waals surface area contributed by atoms with E-state index in [4.69, 9.17) is 11.6 Å². The zero-order valence-corrected chi connectivity index (χ0v) is 10.6. The number of hydrogen-bond acceptors (Lipinski definition) is 3. The third-order valence-electron chi connectivity index (χ3n) is 2.95. The number of nitrogens with one attached hydrogen (secondary N) is 1. The Kier molecular flexibility index (Phi) is 3.87. The summed E-state index contributed by atoms with van der Waals surface area (Å²) in [6.07, 6.45) is 5.05. The minimum atomic E-state index is 0.354. The summed E-state index contributed by atoms with van der Waals surface area (Å²) >= 11 is 7.97. The first kappa shape index (κ1) is 11.2. The number of aromatic nitrogens is 1. The van der Waals surface area contributed by atoms with Crippen LogP contribution in [0.25, 0.3) is 0 Å². The van der Waals surface area contributed by atoms with Gasteiger partial charge in [0.25, 0.3) is 0 Å². The number of thiazole rings is 1. The van der Waals surface area contributed by atoms with Gasteiger partial charge in [0, 0.05) is 17.3 Å². The molecule has 2 rings (SSSR count). The normalized spacial score (nSPS) is 26.5. The lowest BCUT2D eigenvalue weighted by Crippen LogP contribution is -2.26. The Morgan fingerprint density at radius 3 is 3.00 bits per heavy atom. The minimum Gasteiger partial charge on any atom is -0.361 e. The molecule has 4 heteroatoms. The zero-order valence-electron chi connectivity index (χ0n) is 9.00. The van der Waals surface area contributed by atoms with Gasteiger partial charge in [-0.2, -0.15) is 0 Å². The highest BCUT2D eigenvalue weighted by molar-refractivity contribution is 7.13. The Morgan fingerprint density at radius 1 is 1.53 bits per heavy atom. The van der Waals surface area contributed by atoms with E-state index in [9.17, 15) is 0 Å². The van der Waals surface area contributed by atoms with E-state index in [1.165, 1.54) is 25.7 Å². The Bertz CT molecular complexity index is 313. The maximum atomic E-state index is 6.30. The van der Waals surface area contributed by atoms with E-state index in [2.05, 4.69) is 15.7 Å². The van der Waals surface area contributed by atoms with Gasteiger partial charge in [0.05, 0.1) is 5.69 Å². The maximum absolute atomic E-state index is 6.30. The predicted octanol–water partition coefficient (Wildman–Crippen LogP) is 3.66. The molecular weight excluding hydrogens is 228 g/mol. The van der Waals surface area contributed by atoms with Crippen LogP contribution in [0, 0.1) is 12.8 Å². The van der Waals surface area contributed by atoms with Gasteiger partial charge in [0.15, 0.2) is 5.13 Å². The largest absolute Gasteiger partial charge is 0.361 e. The number of anilines is 1. The molecule has 15 heavy (non-hydrogen) atoms. The first-order valence-electron chi connectivity index (χ1n) is 5.56. The van der Waals surface area contributed by atoms with Crippen molar-refractivity contribution in [2.24, 2.45) is 5.92 Å². The van der Waals surface area contributed by atoms with Crippen molar-refractivity contribution in [3.63, 3.8) is 0 Å². The van der Waals surface area contributed by atoms with E-state index in [-0.39, 0.29) is 0 Å². The van der Waals surface area contributed by atoms with E-state index in [1.807, 2.05) is 6.92 Å². The van der Waals surface area contributed by atoms with Crippen molar-refractivity contribution in [2.45, 2.75) is 38.0 Å². The van der Waals surface area contributed by atoms with E-state index in [0.29, 0.717) is 11.3 Å². The first-order valence-corrected chi connectivity index (χ1v) is 6.87. The fourth-order valence-corrected chi connectivity index (χ4v) is 3.11. The standard InChI is InChI=1S/C11H17ClN2S/c1-8-7-15-11(14-8)13-6-9-4-2-3-5-10(9)12/h7,9-10H,2-6H2,1H3,(H,13,14). The molecule has 1 N–H and O–H groups in total. The molecule has 2 unspecified atom stereocenters. The van der Waals surface area contributed by atoms with Gasteiger partial charge in [-0.3, -0.25) is 0 Å². The van der Waals surface area contributed by atoms with Crippen LogP contribution in [0.3, 0.4) is 0 Å². The van der Waals surface area contributed by atoms with E-state index in [1.54, 1.807) is 11.3 Å². The highest BCUT2D eigenvalue weighted by Gasteiger charge is 2.22. The molecule has 1 aliphatic rings. The van der Waals surface area contributed by atoms with Crippen LogP contribution in [-0.4, -0.2) is 16.9 Å². The Morgan fingerprint density at radius 2 is 2.33 bits per heavy atom. The molecule has 0 radical (unpaired) electrons. The first-order chi connectivity index (χ1) is 7.25. The topological polar surface area (TPSA) is 24.9 Å². The van der Waals surface area contributed by atoms with E-state index < -0.39 is 0 Å². The predicted molar refractivity (Wildman–Crippen MR) is 66.9 cm³/mol. The lowest BCUT2D eigenvalue weighted by molar-refractivity contribution is 0.380. The molecule has 1 aromatic heterocycles. The summed E-state index contributed by atoms with van der Waals surface area (Å²) in [6.45, 7) is 2.99. The Labute approximate surface area is 100 Å². The number of hydrogen-bond donors (Lipinski definition) is 1. The summed E-state index contributed by atoms with van der Waals surface area (Å²) in [6, 6.07) is 0. The Hall–Kier alpha value is -0.280. The summed E-state index contributed by atoms with van der Waals surface area (Å²) < 4.78 is 0. The summed E-state index contributed by atoms with van der Waals surface area (Å²) in [5, 5.41) is 6.84. The molecule has 2 atom stereocenters. The summed E-state index contributed by atoms with van der Waals surface area (Å²) in [5.74, 6) is 0.615. The molecule has 1 heterocycles. The SMILES string of the molecule is Cc1csc(NCC2CCCCC2Cl)n1. The van der Waals surface area contributed by atoms with Gasteiger partial charge in [-0.05, 0) is 25.7 Å². The van der Waals surface area contributed by atoms with Crippen molar-refractivity contribution < 1.29 is 0 Å². The van der Waals surface area contributed by atoms with Gasteiger partial charge in [0.2, 0.25) is 0 Å². The quantitative estimate of drug-likeness (QED) is 0.821. The third kappa shape index (κ3) is 3.08. The molecule has 0 aliphatic heterocycles. The second-order valence-electron chi connectivity index (χ2n) is 4.24. The van der Waals surface area contributed by atoms with Crippen molar-refractivity contribution in [3.05, 3.63) is 11.1 Å². The summed E-state index contributed by atoms with van der Waals surface area (Å²) in [7, 11) is 0. The number of halogens is 1. The van der Waals surface area contributed by atoms with Crippen molar-refractivity contribution in [2.75, 3.05) is 11.9 Å². The van der Waals surface area contributed by atoms with Gasteiger partial charge < -0.3 is 5.32 Å². The smallest absolute Gasteiger partial charge is 0.182 e. The highest BCUT2D eigenvalue weighted by atomic mass is 35.5. The summed E-state index contributed by atoms with van der Waals surface area (Å²) in [5.41, 5.74) is 1.09. The average molecular weight is 245 g/mol. The zero-order chi connectivity index (χ0) is 10.7. The second-order valence-corrected chi connectivity index (χ2v) is 5.65. The van der Waals surface area contributed by atoms with Crippen LogP contribution in [0.15, 0.2) is 5.38 Å². The lowest BCUT2D eigenvalue weighted by atomic mass is 9.89. The number of alkyl halides is 1. The second kappa shape index (κ2) is 5.17. The molecule has 0 aromatic carbocycles. The number of rotatable bonds is 3. The fourth-order valence-electron chi connectivity index (χ4n) is 2.05. The molecule has 1 aliphatic carbocycles. The van der Waals surface area contributed by atoms with Crippen molar-refractivity contribution in [3.8, 4) is 0 Å². The van der Waals surface area contributed by atoms with Gasteiger partial charge in [-0.25, -0.2) is 4.98 Å². The maximum Gasteiger partial charge on any atom is 0.182 e. The van der Waals surface area contributed by atoms with Gasteiger partial charge in [0.1, 0.15) is 0 Å². The number of aryl methyl sites for hydroxylation is 1.